The zero-order chi connectivity index (χ0) is 23.0. The SMILES string of the molecule is O=C(c1cnc(-c2ccccn2)nn1)N1CCN(S(=O)(=O)c2cc3ccc(Cl)cc3s2)CC1. The van der Waals surface area contributed by atoms with E-state index in [1.54, 1.807) is 47.5 Å². The van der Waals surface area contributed by atoms with Gasteiger partial charge in [-0.3, -0.25) is 9.78 Å². The molecule has 0 atom stereocenters. The molecule has 12 heteroatoms. The summed E-state index contributed by atoms with van der Waals surface area (Å²) in [6, 6.07) is 12.3. The van der Waals surface area contributed by atoms with Crippen molar-refractivity contribution < 1.29 is 13.2 Å². The van der Waals surface area contributed by atoms with Crippen molar-refractivity contribution in [1.82, 2.24) is 29.4 Å². The van der Waals surface area contributed by atoms with Crippen molar-refractivity contribution in [3.8, 4) is 11.5 Å². The van der Waals surface area contributed by atoms with Gasteiger partial charge in [-0.15, -0.1) is 21.5 Å². The van der Waals surface area contributed by atoms with E-state index in [1.165, 1.54) is 21.8 Å². The van der Waals surface area contributed by atoms with E-state index in [2.05, 4.69) is 20.2 Å². The molecule has 0 aliphatic carbocycles. The van der Waals surface area contributed by atoms with Crippen molar-refractivity contribution in [2.45, 2.75) is 4.21 Å². The zero-order valence-electron chi connectivity index (χ0n) is 17.1. The topological polar surface area (TPSA) is 109 Å². The van der Waals surface area contributed by atoms with E-state index < -0.39 is 10.0 Å². The van der Waals surface area contributed by atoms with Crippen molar-refractivity contribution in [2.75, 3.05) is 26.2 Å². The first-order chi connectivity index (χ1) is 15.9. The largest absolute Gasteiger partial charge is 0.335 e. The van der Waals surface area contributed by atoms with Gasteiger partial charge in [-0.25, -0.2) is 13.4 Å². The minimum Gasteiger partial charge on any atom is -0.335 e. The van der Waals surface area contributed by atoms with Crippen LogP contribution < -0.4 is 0 Å². The Bertz CT molecular complexity index is 1420. The van der Waals surface area contributed by atoms with E-state index in [9.17, 15) is 13.2 Å². The molecule has 1 aliphatic rings. The normalized spacial score (nSPS) is 15.1. The van der Waals surface area contributed by atoms with Gasteiger partial charge < -0.3 is 4.90 Å². The van der Waals surface area contributed by atoms with Crippen LogP contribution in [0.1, 0.15) is 10.5 Å². The van der Waals surface area contributed by atoms with Gasteiger partial charge in [-0.2, -0.15) is 4.31 Å². The molecule has 4 aromatic rings. The summed E-state index contributed by atoms with van der Waals surface area (Å²) >= 11 is 7.21. The van der Waals surface area contributed by atoms with Crippen LogP contribution in [0.25, 0.3) is 21.6 Å². The summed E-state index contributed by atoms with van der Waals surface area (Å²) in [7, 11) is -3.66. The van der Waals surface area contributed by atoms with E-state index in [4.69, 9.17) is 11.6 Å². The number of rotatable bonds is 4. The second-order valence-electron chi connectivity index (χ2n) is 7.33. The lowest BCUT2D eigenvalue weighted by atomic mass is 10.3. The lowest BCUT2D eigenvalue weighted by Gasteiger charge is -2.33. The minimum absolute atomic E-state index is 0.104. The summed E-state index contributed by atoms with van der Waals surface area (Å²) < 4.78 is 28.7. The van der Waals surface area contributed by atoms with Crippen LogP contribution in [0.5, 0.6) is 0 Å². The fourth-order valence-electron chi connectivity index (χ4n) is 3.51. The quantitative estimate of drug-likeness (QED) is 0.423. The van der Waals surface area contributed by atoms with Gasteiger partial charge in [0.05, 0.1) is 6.20 Å². The smallest absolute Gasteiger partial charge is 0.276 e. The molecule has 0 saturated carbocycles. The average Bonchev–Trinajstić information content (AvgIpc) is 3.28. The maximum absolute atomic E-state index is 13.1. The van der Waals surface area contributed by atoms with Crippen molar-refractivity contribution in [1.29, 1.82) is 0 Å². The van der Waals surface area contributed by atoms with E-state index in [1.807, 2.05) is 6.07 Å². The third-order valence-electron chi connectivity index (χ3n) is 5.25. The Balaban J connectivity index is 1.26. The van der Waals surface area contributed by atoms with Crippen LogP contribution in [0, 0.1) is 0 Å². The Hall–Kier alpha value is -2.99. The molecular formula is C21H17ClN6O3S2. The lowest BCUT2D eigenvalue weighted by molar-refractivity contribution is 0.0690. The first kappa shape index (κ1) is 21.8. The fraction of sp³-hybridized carbons (Fsp3) is 0.190. The Kier molecular flexibility index (Phi) is 5.79. The molecule has 0 N–H and O–H groups in total. The molecule has 0 radical (unpaired) electrons. The van der Waals surface area contributed by atoms with Gasteiger partial charge in [0.1, 0.15) is 9.90 Å². The summed E-state index contributed by atoms with van der Waals surface area (Å²) in [6.45, 7) is 0.878. The molecule has 1 fully saturated rings. The summed E-state index contributed by atoms with van der Waals surface area (Å²) in [5.41, 5.74) is 0.665. The Morgan fingerprint density at radius 1 is 1.00 bits per heavy atom. The number of thiophene rings is 1. The van der Waals surface area contributed by atoms with Crippen LogP contribution in [0.3, 0.4) is 0 Å². The highest BCUT2D eigenvalue weighted by Crippen LogP contribution is 2.33. The number of aromatic nitrogens is 4. The first-order valence-corrected chi connectivity index (χ1v) is 12.6. The number of halogens is 1. The first-order valence-electron chi connectivity index (χ1n) is 10.0. The third-order valence-corrected chi connectivity index (χ3v) is 8.93. The maximum Gasteiger partial charge on any atom is 0.276 e. The lowest BCUT2D eigenvalue weighted by Crippen LogP contribution is -2.50. The molecule has 0 spiro atoms. The second kappa shape index (κ2) is 8.75. The van der Waals surface area contributed by atoms with Crippen LogP contribution in [0.2, 0.25) is 5.02 Å². The number of sulfonamides is 1. The molecule has 0 bridgehead atoms. The van der Waals surface area contributed by atoms with Crippen LogP contribution in [-0.4, -0.2) is 69.9 Å². The molecule has 1 saturated heterocycles. The minimum atomic E-state index is -3.66. The van der Waals surface area contributed by atoms with E-state index in [-0.39, 0.29) is 42.0 Å². The Morgan fingerprint density at radius 3 is 2.52 bits per heavy atom. The molecule has 1 aromatic carbocycles. The highest BCUT2D eigenvalue weighted by Gasteiger charge is 2.32. The van der Waals surface area contributed by atoms with Gasteiger partial charge >= 0.3 is 0 Å². The van der Waals surface area contributed by atoms with Gasteiger partial charge in [0.2, 0.25) is 0 Å². The van der Waals surface area contributed by atoms with Gasteiger partial charge in [0.15, 0.2) is 11.5 Å². The predicted molar refractivity (Wildman–Crippen MR) is 125 cm³/mol. The number of hydrogen-bond donors (Lipinski definition) is 0. The highest BCUT2D eigenvalue weighted by atomic mass is 35.5. The third kappa shape index (κ3) is 4.32. The van der Waals surface area contributed by atoms with E-state index in [0.29, 0.717) is 16.5 Å². The second-order valence-corrected chi connectivity index (χ2v) is 11.0. The number of carbonyl (C=O) groups excluding carboxylic acids is 1. The molecule has 168 valence electrons. The van der Waals surface area contributed by atoms with Gasteiger partial charge in [-0.1, -0.05) is 23.7 Å². The number of piperazine rings is 1. The van der Waals surface area contributed by atoms with Crippen molar-refractivity contribution in [2.24, 2.45) is 0 Å². The number of nitrogens with zero attached hydrogens (tertiary/aromatic N) is 6. The molecular weight excluding hydrogens is 484 g/mol. The monoisotopic (exact) mass is 500 g/mol. The van der Waals surface area contributed by atoms with Crippen LogP contribution in [-0.2, 0) is 10.0 Å². The van der Waals surface area contributed by atoms with E-state index in [0.717, 1.165) is 10.1 Å². The molecule has 4 heterocycles. The number of hydrogen-bond acceptors (Lipinski definition) is 8. The number of fused-ring (bicyclic) bond motifs is 1. The number of benzene rings is 1. The summed E-state index contributed by atoms with van der Waals surface area (Å²) in [5, 5.41) is 9.38. The average molecular weight is 501 g/mol. The van der Waals surface area contributed by atoms with Crippen molar-refractivity contribution in [3.05, 3.63) is 65.6 Å². The van der Waals surface area contributed by atoms with Crippen LogP contribution >= 0.6 is 22.9 Å². The van der Waals surface area contributed by atoms with Crippen LogP contribution in [0.15, 0.2) is 59.1 Å². The van der Waals surface area contributed by atoms with Gasteiger partial charge in [0, 0.05) is 42.1 Å². The molecule has 0 unspecified atom stereocenters. The molecule has 1 amide bonds. The summed E-state index contributed by atoms with van der Waals surface area (Å²) in [5.74, 6) is -0.0104. The highest BCUT2D eigenvalue weighted by molar-refractivity contribution is 7.91. The fourth-order valence-corrected chi connectivity index (χ4v) is 6.77. The standard InChI is InChI=1S/C21H17ClN6O3S2/c22-15-5-4-14-11-19(32-18(14)12-15)33(30,31)28-9-7-27(8-10-28)21(29)17-13-24-20(26-25-17)16-3-1-2-6-23-16/h1-6,11-13H,7-10H2. The molecule has 9 nitrogen and oxygen atoms in total. The number of pyridine rings is 1. The number of carbonyl (C=O) groups is 1. The predicted octanol–water partition coefficient (Wildman–Crippen LogP) is 2.95. The van der Waals surface area contributed by atoms with E-state index >= 15 is 0 Å². The number of amides is 1. The van der Waals surface area contributed by atoms with Crippen LogP contribution in [0.4, 0.5) is 0 Å². The van der Waals surface area contributed by atoms with Crippen molar-refractivity contribution >= 4 is 49.0 Å². The molecule has 33 heavy (non-hydrogen) atoms. The molecule has 5 rings (SSSR count). The zero-order valence-corrected chi connectivity index (χ0v) is 19.5. The van der Waals surface area contributed by atoms with Gasteiger partial charge in [-0.05, 0) is 35.7 Å². The Labute approximate surface area is 198 Å². The molecule has 3 aromatic heterocycles. The summed E-state index contributed by atoms with van der Waals surface area (Å²) in [6.07, 6.45) is 2.99. The van der Waals surface area contributed by atoms with Gasteiger partial charge in [0.25, 0.3) is 15.9 Å². The molecule has 1 aliphatic heterocycles. The van der Waals surface area contributed by atoms with Crippen molar-refractivity contribution in [3.63, 3.8) is 0 Å². The summed E-state index contributed by atoms with van der Waals surface area (Å²) in [4.78, 5) is 22.7. The Morgan fingerprint density at radius 2 is 1.82 bits per heavy atom. The maximum atomic E-state index is 13.1.